The molecule has 0 aromatic carbocycles. The number of hydrogen-bond acceptors (Lipinski definition) is 2. The normalized spacial score (nSPS) is 30.5. The van der Waals surface area contributed by atoms with Crippen molar-refractivity contribution in [2.45, 2.75) is 39.7 Å². The first-order valence-corrected chi connectivity index (χ1v) is 5.61. The van der Waals surface area contributed by atoms with E-state index in [2.05, 4.69) is 25.7 Å². The van der Waals surface area contributed by atoms with Crippen LogP contribution in [0.4, 0.5) is 0 Å². The second-order valence-corrected chi connectivity index (χ2v) is 4.70. The number of amidine groups is 1. The predicted octanol–water partition coefficient (Wildman–Crippen LogP) is 1.68. The average molecular weight is 197 g/mol. The molecule has 1 saturated heterocycles. The van der Waals surface area contributed by atoms with Crippen LogP contribution in [-0.4, -0.2) is 29.9 Å². The van der Waals surface area contributed by atoms with E-state index < -0.39 is 0 Å². The molecule has 0 amide bonds. The van der Waals surface area contributed by atoms with Crippen molar-refractivity contribution in [2.24, 2.45) is 17.6 Å². The van der Waals surface area contributed by atoms with Crippen LogP contribution in [0.2, 0.25) is 0 Å². The lowest BCUT2D eigenvalue weighted by molar-refractivity contribution is 0.231. The highest BCUT2D eigenvalue weighted by atomic mass is 15.2. The molecule has 3 nitrogen and oxygen atoms in total. The minimum Gasteiger partial charge on any atom is -0.388 e. The number of nitrogens with zero attached hydrogens (tertiary/aromatic N) is 1. The molecule has 0 aromatic rings. The Morgan fingerprint density at radius 2 is 1.93 bits per heavy atom. The lowest BCUT2D eigenvalue weighted by Gasteiger charge is -2.26. The van der Waals surface area contributed by atoms with Crippen molar-refractivity contribution in [3.63, 3.8) is 0 Å². The molecule has 14 heavy (non-hydrogen) atoms. The molecule has 1 rings (SSSR count). The zero-order valence-corrected chi connectivity index (χ0v) is 9.59. The first kappa shape index (κ1) is 11.5. The molecule has 1 aliphatic heterocycles. The molecule has 0 radical (unpaired) electrons. The lowest BCUT2D eigenvalue weighted by Crippen LogP contribution is -2.36. The molecule has 82 valence electrons. The highest BCUT2D eigenvalue weighted by molar-refractivity contribution is 5.77. The van der Waals surface area contributed by atoms with Crippen molar-refractivity contribution >= 4 is 5.84 Å². The van der Waals surface area contributed by atoms with Crippen LogP contribution >= 0.6 is 0 Å². The molecular formula is C11H23N3. The van der Waals surface area contributed by atoms with Crippen LogP contribution in [-0.2, 0) is 0 Å². The summed E-state index contributed by atoms with van der Waals surface area (Å²) in [6.07, 6.45) is 1.83. The van der Waals surface area contributed by atoms with Crippen LogP contribution in [0.5, 0.6) is 0 Å². The van der Waals surface area contributed by atoms with Crippen molar-refractivity contribution < 1.29 is 0 Å². The highest BCUT2D eigenvalue weighted by Crippen LogP contribution is 2.25. The Kier molecular flexibility index (Phi) is 3.93. The van der Waals surface area contributed by atoms with E-state index in [1.54, 1.807) is 0 Å². The molecule has 3 unspecified atom stereocenters. The quantitative estimate of drug-likeness (QED) is 0.532. The largest absolute Gasteiger partial charge is 0.388 e. The van der Waals surface area contributed by atoms with Gasteiger partial charge in [-0.25, -0.2) is 0 Å². The maximum atomic E-state index is 7.34. The smallest absolute Gasteiger partial charge is 0.0921 e. The van der Waals surface area contributed by atoms with Gasteiger partial charge in [-0.2, -0.15) is 0 Å². The predicted molar refractivity (Wildman–Crippen MR) is 60.5 cm³/mol. The van der Waals surface area contributed by atoms with Crippen molar-refractivity contribution in [3.8, 4) is 0 Å². The van der Waals surface area contributed by atoms with Crippen molar-refractivity contribution in [1.29, 1.82) is 5.41 Å². The van der Waals surface area contributed by atoms with Crippen molar-refractivity contribution in [2.75, 3.05) is 13.1 Å². The standard InChI is InChI=1S/C11H23N3/c1-4-10(5-11(12)13)14-6-8(2)9(3)7-14/h8-10H,4-7H2,1-3H3,(H3,12,13). The third-order valence-electron chi connectivity index (χ3n) is 3.46. The number of likely N-dealkylation sites (tertiary alicyclic amines) is 1. The van der Waals surface area contributed by atoms with E-state index in [0.29, 0.717) is 11.9 Å². The van der Waals surface area contributed by atoms with Gasteiger partial charge in [-0.15, -0.1) is 0 Å². The first-order valence-electron chi connectivity index (χ1n) is 5.61. The Morgan fingerprint density at radius 3 is 2.29 bits per heavy atom. The molecule has 0 saturated carbocycles. The number of nitrogens with two attached hydrogens (primary N) is 1. The summed E-state index contributed by atoms with van der Waals surface area (Å²) in [6.45, 7) is 9.15. The molecule has 3 N–H and O–H groups in total. The maximum absolute atomic E-state index is 7.34. The van der Waals surface area contributed by atoms with E-state index in [-0.39, 0.29) is 0 Å². The van der Waals surface area contributed by atoms with Crippen LogP contribution in [0.25, 0.3) is 0 Å². The summed E-state index contributed by atoms with van der Waals surface area (Å²) in [6, 6.07) is 0.486. The zero-order chi connectivity index (χ0) is 10.7. The molecular weight excluding hydrogens is 174 g/mol. The molecule has 3 atom stereocenters. The van der Waals surface area contributed by atoms with Gasteiger partial charge in [-0.3, -0.25) is 10.3 Å². The third kappa shape index (κ3) is 2.71. The number of hydrogen-bond donors (Lipinski definition) is 2. The summed E-state index contributed by atoms with van der Waals surface area (Å²) < 4.78 is 0. The van der Waals surface area contributed by atoms with E-state index in [0.717, 1.165) is 24.7 Å². The lowest BCUT2D eigenvalue weighted by atomic mass is 10.0. The Morgan fingerprint density at radius 1 is 1.43 bits per heavy atom. The fourth-order valence-corrected chi connectivity index (χ4v) is 2.26. The van der Waals surface area contributed by atoms with Gasteiger partial charge >= 0.3 is 0 Å². The minimum absolute atomic E-state index is 0.323. The third-order valence-corrected chi connectivity index (χ3v) is 3.46. The van der Waals surface area contributed by atoms with Gasteiger partial charge < -0.3 is 5.73 Å². The monoisotopic (exact) mass is 197 g/mol. The van der Waals surface area contributed by atoms with Gasteiger partial charge in [-0.1, -0.05) is 20.8 Å². The second kappa shape index (κ2) is 4.78. The summed E-state index contributed by atoms with van der Waals surface area (Å²) in [5, 5.41) is 7.34. The van der Waals surface area contributed by atoms with Crippen LogP contribution < -0.4 is 5.73 Å². The van der Waals surface area contributed by atoms with E-state index in [1.165, 1.54) is 13.1 Å². The minimum atomic E-state index is 0.323. The molecule has 0 spiro atoms. The Hall–Kier alpha value is -0.570. The molecule has 3 heteroatoms. The summed E-state index contributed by atoms with van der Waals surface area (Å²) in [5.74, 6) is 1.90. The summed E-state index contributed by atoms with van der Waals surface area (Å²) in [7, 11) is 0. The van der Waals surface area contributed by atoms with Gasteiger partial charge in [0.2, 0.25) is 0 Å². The average Bonchev–Trinajstić information content (AvgIpc) is 2.42. The zero-order valence-electron chi connectivity index (χ0n) is 9.59. The van der Waals surface area contributed by atoms with Gasteiger partial charge in [0, 0.05) is 25.6 Å². The molecule has 1 fully saturated rings. The fraction of sp³-hybridized carbons (Fsp3) is 0.909. The van der Waals surface area contributed by atoms with Gasteiger partial charge in [-0.05, 0) is 18.3 Å². The molecule has 0 aliphatic carbocycles. The molecule has 1 aliphatic rings. The van der Waals surface area contributed by atoms with Gasteiger partial charge in [0.15, 0.2) is 0 Å². The highest BCUT2D eigenvalue weighted by Gasteiger charge is 2.30. The summed E-state index contributed by atoms with van der Waals surface area (Å²) in [5.41, 5.74) is 5.46. The number of rotatable bonds is 4. The van der Waals surface area contributed by atoms with E-state index >= 15 is 0 Å². The van der Waals surface area contributed by atoms with Gasteiger partial charge in [0.25, 0.3) is 0 Å². The van der Waals surface area contributed by atoms with Gasteiger partial charge in [0.05, 0.1) is 5.84 Å². The Balaban J connectivity index is 2.50. The Bertz CT molecular complexity index is 193. The van der Waals surface area contributed by atoms with Crippen LogP contribution in [0.1, 0.15) is 33.6 Å². The maximum Gasteiger partial charge on any atom is 0.0921 e. The van der Waals surface area contributed by atoms with E-state index in [9.17, 15) is 0 Å². The van der Waals surface area contributed by atoms with Crippen LogP contribution in [0, 0.1) is 17.2 Å². The Labute approximate surface area is 87.2 Å². The van der Waals surface area contributed by atoms with Crippen molar-refractivity contribution in [3.05, 3.63) is 0 Å². The van der Waals surface area contributed by atoms with Gasteiger partial charge in [0.1, 0.15) is 0 Å². The molecule has 0 bridgehead atoms. The summed E-state index contributed by atoms with van der Waals surface area (Å²) >= 11 is 0. The fourth-order valence-electron chi connectivity index (χ4n) is 2.26. The van der Waals surface area contributed by atoms with E-state index in [4.69, 9.17) is 11.1 Å². The summed E-state index contributed by atoms with van der Waals surface area (Å²) in [4.78, 5) is 2.50. The molecule has 1 heterocycles. The first-order chi connectivity index (χ1) is 6.54. The van der Waals surface area contributed by atoms with Crippen LogP contribution in [0.3, 0.4) is 0 Å². The number of nitrogens with one attached hydrogen (secondary N) is 1. The van der Waals surface area contributed by atoms with Crippen LogP contribution in [0.15, 0.2) is 0 Å². The van der Waals surface area contributed by atoms with E-state index in [1.807, 2.05) is 0 Å². The SMILES string of the molecule is CCC(CC(=N)N)N1CC(C)C(C)C1. The molecule has 0 aromatic heterocycles. The second-order valence-electron chi connectivity index (χ2n) is 4.70. The topological polar surface area (TPSA) is 53.1 Å². The van der Waals surface area contributed by atoms with Crippen molar-refractivity contribution in [1.82, 2.24) is 4.90 Å².